The van der Waals surface area contributed by atoms with Gasteiger partial charge in [0.2, 0.25) is 10.0 Å². The number of amides is 1. The molecule has 1 aliphatic rings. The fourth-order valence-electron chi connectivity index (χ4n) is 1.97. The molecule has 0 bridgehead atoms. The first-order valence-electron chi connectivity index (χ1n) is 6.11. The van der Waals surface area contributed by atoms with E-state index in [0.717, 1.165) is 25.9 Å². The number of carbonyl (C=O) groups is 1. The summed E-state index contributed by atoms with van der Waals surface area (Å²) in [7, 11) is -3.75. The van der Waals surface area contributed by atoms with Crippen molar-refractivity contribution in [3.05, 3.63) is 22.7 Å². The van der Waals surface area contributed by atoms with E-state index in [1.54, 1.807) is 4.90 Å². The minimum atomic E-state index is -3.75. The zero-order valence-corrected chi connectivity index (χ0v) is 13.1. The Bertz CT molecular complexity index is 612. The molecule has 0 atom stereocenters. The number of carbonyl (C=O) groups excluding carboxylic acids is 1. The predicted molar refractivity (Wildman–Crippen MR) is 76.8 cm³/mol. The van der Waals surface area contributed by atoms with Crippen LogP contribution in [-0.2, 0) is 14.8 Å². The molecule has 6 nitrogen and oxygen atoms in total. The number of likely N-dealkylation sites (tertiary alicyclic amines) is 1. The van der Waals surface area contributed by atoms with Crippen LogP contribution in [0.4, 0.5) is 0 Å². The molecule has 1 amide bonds. The number of hydrogen-bond donors (Lipinski definition) is 1. The number of halogens is 1. The first kappa shape index (κ1) is 15.3. The average Bonchev–Trinajstić information content (AvgIpc) is 2.89. The molecule has 1 fully saturated rings. The molecule has 8 heteroatoms. The van der Waals surface area contributed by atoms with Crippen molar-refractivity contribution in [2.24, 2.45) is 5.14 Å². The van der Waals surface area contributed by atoms with Gasteiger partial charge in [0.05, 0.1) is 9.37 Å². The molecule has 0 aromatic heterocycles. The summed E-state index contributed by atoms with van der Waals surface area (Å²) in [6, 6.07) is 4.17. The van der Waals surface area contributed by atoms with Gasteiger partial charge in [-0.2, -0.15) is 0 Å². The number of ether oxygens (including phenoxy) is 1. The zero-order valence-electron chi connectivity index (χ0n) is 10.7. The summed E-state index contributed by atoms with van der Waals surface area (Å²) >= 11 is 3.20. The summed E-state index contributed by atoms with van der Waals surface area (Å²) < 4.78 is 28.2. The third-order valence-corrected chi connectivity index (χ3v) is 4.57. The Morgan fingerprint density at radius 3 is 2.55 bits per heavy atom. The monoisotopic (exact) mass is 362 g/mol. The molecule has 2 N–H and O–H groups in total. The number of sulfonamides is 1. The maximum Gasteiger partial charge on any atom is 0.260 e. The van der Waals surface area contributed by atoms with E-state index in [2.05, 4.69) is 15.9 Å². The third kappa shape index (κ3) is 3.71. The summed E-state index contributed by atoms with van der Waals surface area (Å²) in [5.74, 6) is 0.342. The van der Waals surface area contributed by atoms with E-state index in [0.29, 0.717) is 10.2 Å². The van der Waals surface area contributed by atoms with Crippen LogP contribution in [0.5, 0.6) is 5.75 Å². The molecule has 0 radical (unpaired) electrons. The minimum Gasteiger partial charge on any atom is -0.483 e. The number of primary sulfonamides is 1. The highest BCUT2D eigenvalue weighted by Gasteiger charge is 2.19. The van der Waals surface area contributed by atoms with Gasteiger partial charge < -0.3 is 9.64 Å². The summed E-state index contributed by atoms with van der Waals surface area (Å²) in [6.07, 6.45) is 2.05. The summed E-state index contributed by atoms with van der Waals surface area (Å²) in [4.78, 5) is 13.6. The number of benzene rings is 1. The molecular formula is C12H15BrN2O4S. The van der Waals surface area contributed by atoms with Gasteiger partial charge in [-0.1, -0.05) is 0 Å². The normalized spacial score (nSPS) is 15.4. The summed E-state index contributed by atoms with van der Waals surface area (Å²) in [6.45, 7) is 1.48. The Morgan fingerprint density at radius 1 is 1.35 bits per heavy atom. The molecule has 0 aliphatic carbocycles. The number of hydrogen-bond acceptors (Lipinski definition) is 4. The quantitative estimate of drug-likeness (QED) is 0.868. The Hall–Kier alpha value is -1.12. The fraction of sp³-hybridized carbons (Fsp3) is 0.417. The second-order valence-electron chi connectivity index (χ2n) is 4.51. The van der Waals surface area contributed by atoms with Crippen LogP contribution in [0.25, 0.3) is 0 Å². The summed E-state index contributed by atoms with van der Waals surface area (Å²) in [5, 5.41) is 5.03. The maximum atomic E-state index is 11.8. The van der Waals surface area contributed by atoms with Gasteiger partial charge >= 0.3 is 0 Å². The molecule has 1 saturated heterocycles. The molecule has 2 rings (SSSR count). The molecule has 0 spiro atoms. The predicted octanol–water partition coefficient (Wildman–Crippen LogP) is 1.10. The lowest BCUT2D eigenvalue weighted by molar-refractivity contribution is -0.132. The summed E-state index contributed by atoms with van der Waals surface area (Å²) in [5.41, 5.74) is 0. The highest BCUT2D eigenvalue weighted by Crippen LogP contribution is 2.27. The van der Waals surface area contributed by atoms with E-state index >= 15 is 0 Å². The average molecular weight is 363 g/mol. The Labute approximate surface area is 126 Å². The van der Waals surface area contributed by atoms with Gasteiger partial charge in [0.15, 0.2) is 6.61 Å². The molecule has 1 aromatic carbocycles. The van der Waals surface area contributed by atoms with E-state index in [-0.39, 0.29) is 17.4 Å². The molecule has 20 heavy (non-hydrogen) atoms. The Balaban J connectivity index is 2.01. The van der Waals surface area contributed by atoms with E-state index in [1.165, 1.54) is 18.2 Å². The lowest BCUT2D eigenvalue weighted by atomic mass is 10.3. The number of nitrogens with two attached hydrogens (primary N) is 1. The molecule has 1 aromatic rings. The first-order valence-corrected chi connectivity index (χ1v) is 8.45. The molecule has 0 unspecified atom stereocenters. The van der Waals surface area contributed by atoms with Crippen LogP contribution in [0.2, 0.25) is 0 Å². The van der Waals surface area contributed by atoms with E-state index < -0.39 is 10.0 Å². The Kier molecular flexibility index (Phi) is 4.66. The van der Waals surface area contributed by atoms with Crippen molar-refractivity contribution in [3.8, 4) is 5.75 Å². The minimum absolute atomic E-state index is 0.0115. The van der Waals surface area contributed by atoms with Crippen LogP contribution in [0.3, 0.4) is 0 Å². The smallest absolute Gasteiger partial charge is 0.260 e. The van der Waals surface area contributed by atoms with Crippen molar-refractivity contribution < 1.29 is 17.9 Å². The lowest BCUT2D eigenvalue weighted by Gasteiger charge is -2.16. The highest BCUT2D eigenvalue weighted by atomic mass is 79.9. The van der Waals surface area contributed by atoms with Crippen molar-refractivity contribution >= 4 is 31.9 Å². The molecule has 110 valence electrons. The van der Waals surface area contributed by atoms with Crippen molar-refractivity contribution in [1.29, 1.82) is 0 Å². The second-order valence-corrected chi connectivity index (χ2v) is 6.93. The van der Waals surface area contributed by atoms with Gasteiger partial charge in [0.1, 0.15) is 5.75 Å². The van der Waals surface area contributed by atoms with Crippen LogP contribution < -0.4 is 9.88 Å². The van der Waals surface area contributed by atoms with Crippen LogP contribution in [-0.4, -0.2) is 38.9 Å². The van der Waals surface area contributed by atoms with Crippen molar-refractivity contribution in [2.75, 3.05) is 19.7 Å². The third-order valence-electron chi connectivity index (χ3n) is 3.04. The van der Waals surface area contributed by atoms with Crippen LogP contribution in [0.15, 0.2) is 27.6 Å². The highest BCUT2D eigenvalue weighted by molar-refractivity contribution is 9.10. The van der Waals surface area contributed by atoms with Crippen LogP contribution in [0.1, 0.15) is 12.8 Å². The molecule has 1 aliphatic heterocycles. The van der Waals surface area contributed by atoms with Crippen molar-refractivity contribution in [2.45, 2.75) is 17.7 Å². The SMILES string of the molecule is NS(=O)(=O)c1ccc(OCC(=O)N2CCCC2)c(Br)c1. The molecule has 1 heterocycles. The van der Waals surface area contributed by atoms with Crippen molar-refractivity contribution in [3.63, 3.8) is 0 Å². The first-order chi connectivity index (χ1) is 9.38. The lowest BCUT2D eigenvalue weighted by Crippen LogP contribution is -2.32. The van der Waals surface area contributed by atoms with E-state index in [9.17, 15) is 13.2 Å². The number of rotatable bonds is 4. The van der Waals surface area contributed by atoms with Gasteiger partial charge in [-0.15, -0.1) is 0 Å². The maximum absolute atomic E-state index is 11.8. The molecule has 0 saturated carbocycles. The topological polar surface area (TPSA) is 89.7 Å². The van der Waals surface area contributed by atoms with E-state index in [4.69, 9.17) is 9.88 Å². The van der Waals surface area contributed by atoms with Gasteiger partial charge in [-0.3, -0.25) is 4.79 Å². The van der Waals surface area contributed by atoms with E-state index in [1.807, 2.05) is 0 Å². The standard InChI is InChI=1S/C12H15BrN2O4S/c13-10-7-9(20(14,17)18)3-4-11(10)19-8-12(16)15-5-1-2-6-15/h3-4,7H,1-2,5-6,8H2,(H2,14,17,18). The van der Waals surface area contributed by atoms with Gasteiger partial charge in [-0.05, 0) is 47.0 Å². The fourth-order valence-corrected chi connectivity index (χ4v) is 3.16. The Morgan fingerprint density at radius 2 is 2.00 bits per heavy atom. The second kappa shape index (κ2) is 6.11. The largest absolute Gasteiger partial charge is 0.483 e. The molecular weight excluding hydrogens is 348 g/mol. The number of nitrogens with zero attached hydrogens (tertiary/aromatic N) is 1. The van der Waals surface area contributed by atoms with Gasteiger partial charge in [0, 0.05) is 13.1 Å². The van der Waals surface area contributed by atoms with Gasteiger partial charge in [-0.25, -0.2) is 13.6 Å². The van der Waals surface area contributed by atoms with Crippen LogP contribution >= 0.6 is 15.9 Å². The van der Waals surface area contributed by atoms with Gasteiger partial charge in [0.25, 0.3) is 5.91 Å². The van der Waals surface area contributed by atoms with Crippen LogP contribution in [0, 0.1) is 0 Å². The zero-order chi connectivity index (χ0) is 14.8. The van der Waals surface area contributed by atoms with Crippen molar-refractivity contribution in [1.82, 2.24) is 4.90 Å².